The smallest absolute Gasteiger partial charge is 0.149 e. The molecule has 0 aliphatic carbocycles. The second-order valence-corrected chi connectivity index (χ2v) is 4.55. The predicted molar refractivity (Wildman–Crippen MR) is 73.3 cm³/mol. The van der Waals surface area contributed by atoms with Gasteiger partial charge < -0.3 is 5.73 Å². The fourth-order valence-electron chi connectivity index (χ4n) is 2.01. The summed E-state index contributed by atoms with van der Waals surface area (Å²) in [5.41, 5.74) is 6.77. The molecule has 0 aliphatic heterocycles. The highest BCUT2D eigenvalue weighted by molar-refractivity contribution is 5.84. The van der Waals surface area contributed by atoms with E-state index in [0.29, 0.717) is 12.8 Å². The van der Waals surface area contributed by atoms with E-state index < -0.39 is 6.04 Å². The summed E-state index contributed by atoms with van der Waals surface area (Å²) in [5, 5.41) is 2.24. The zero-order valence-electron chi connectivity index (χ0n) is 10.6. The maximum Gasteiger partial charge on any atom is 0.149 e. The van der Waals surface area contributed by atoms with Gasteiger partial charge in [0.2, 0.25) is 0 Å². The van der Waals surface area contributed by atoms with Crippen molar-refractivity contribution in [1.29, 1.82) is 0 Å². The Morgan fingerprint density at radius 1 is 1.33 bits per heavy atom. The topological polar surface area (TPSA) is 56.0 Å². The van der Waals surface area contributed by atoms with Gasteiger partial charge >= 0.3 is 0 Å². The van der Waals surface area contributed by atoms with Crippen LogP contribution in [0.25, 0.3) is 10.8 Å². The van der Waals surface area contributed by atoms with Crippen molar-refractivity contribution in [3.63, 3.8) is 0 Å². The first-order valence-electron chi connectivity index (χ1n) is 6.32. The van der Waals surface area contributed by atoms with E-state index >= 15 is 0 Å². The molecule has 3 heteroatoms. The van der Waals surface area contributed by atoms with Crippen molar-refractivity contribution >= 4 is 16.6 Å². The van der Waals surface area contributed by atoms with E-state index in [0.717, 1.165) is 22.9 Å². The second-order valence-electron chi connectivity index (χ2n) is 4.55. The van der Waals surface area contributed by atoms with Gasteiger partial charge in [0.05, 0.1) is 6.04 Å². The molecule has 0 radical (unpaired) electrons. The van der Waals surface area contributed by atoms with Crippen LogP contribution in [-0.4, -0.2) is 16.8 Å². The number of nitrogens with zero attached hydrogens (tertiary/aromatic N) is 1. The fourth-order valence-corrected chi connectivity index (χ4v) is 2.01. The van der Waals surface area contributed by atoms with Gasteiger partial charge in [0.15, 0.2) is 0 Å². The Hall–Kier alpha value is -1.74. The van der Waals surface area contributed by atoms with Gasteiger partial charge in [-0.3, -0.25) is 9.78 Å². The van der Waals surface area contributed by atoms with Crippen LogP contribution in [0.15, 0.2) is 36.5 Å². The quantitative estimate of drug-likeness (QED) is 0.876. The highest BCUT2D eigenvalue weighted by Crippen LogP contribution is 2.14. The number of aromatic nitrogens is 1. The molecule has 1 aromatic heterocycles. The van der Waals surface area contributed by atoms with Crippen molar-refractivity contribution in [3.8, 4) is 0 Å². The number of nitrogens with two attached hydrogens (primary N) is 1. The Morgan fingerprint density at radius 3 is 2.78 bits per heavy atom. The highest BCUT2D eigenvalue weighted by Gasteiger charge is 2.13. The van der Waals surface area contributed by atoms with Gasteiger partial charge in [0.1, 0.15) is 5.78 Å². The van der Waals surface area contributed by atoms with Gasteiger partial charge in [0.25, 0.3) is 0 Å². The van der Waals surface area contributed by atoms with E-state index in [4.69, 9.17) is 5.73 Å². The molecule has 1 aromatic carbocycles. The lowest BCUT2D eigenvalue weighted by Gasteiger charge is -2.09. The minimum atomic E-state index is -0.432. The van der Waals surface area contributed by atoms with E-state index in [1.54, 1.807) is 0 Å². The maximum atomic E-state index is 11.7. The van der Waals surface area contributed by atoms with E-state index in [9.17, 15) is 4.79 Å². The first kappa shape index (κ1) is 12.7. The van der Waals surface area contributed by atoms with Crippen molar-refractivity contribution in [2.45, 2.75) is 32.2 Å². The lowest BCUT2D eigenvalue weighted by Crippen LogP contribution is -2.32. The largest absolute Gasteiger partial charge is 0.321 e. The summed E-state index contributed by atoms with van der Waals surface area (Å²) in [6.07, 6.45) is 3.75. The third-order valence-corrected chi connectivity index (χ3v) is 3.03. The van der Waals surface area contributed by atoms with E-state index in [1.165, 1.54) is 0 Å². The molecule has 0 saturated carbocycles. The van der Waals surface area contributed by atoms with Crippen molar-refractivity contribution in [2.75, 3.05) is 0 Å². The number of rotatable bonds is 5. The van der Waals surface area contributed by atoms with E-state index in [1.807, 2.05) is 43.5 Å². The summed E-state index contributed by atoms with van der Waals surface area (Å²) < 4.78 is 0. The molecule has 2 N–H and O–H groups in total. The van der Waals surface area contributed by atoms with Gasteiger partial charge in [-0.2, -0.15) is 0 Å². The van der Waals surface area contributed by atoms with Crippen LogP contribution in [0.4, 0.5) is 0 Å². The van der Waals surface area contributed by atoms with Crippen LogP contribution in [0.1, 0.15) is 25.5 Å². The second kappa shape index (κ2) is 5.74. The minimum absolute atomic E-state index is 0.118. The molecular formula is C15H18N2O. The molecule has 1 heterocycles. The molecule has 0 fully saturated rings. The molecule has 0 unspecified atom stereocenters. The standard InChI is InChI=1S/C15H18N2O/c1-2-5-15(18)14(16)9-13-8-11-6-3-4-7-12(11)10-17-13/h3-4,6-8,10,14H,2,5,9,16H2,1H3/t14-/m0/s1. The van der Waals surface area contributed by atoms with Gasteiger partial charge in [-0.25, -0.2) is 0 Å². The molecule has 2 aromatic rings. The predicted octanol–water partition coefficient (Wildman–Crippen LogP) is 2.47. The minimum Gasteiger partial charge on any atom is -0.321 e. The number of ketones is 1. The molecule has 18 heavy (non-hydrogen) atoms. The number of pyridine rings is 1. The first-order chi connectivity index (χ1) is 8.70. The van der Waals surface area contributed by atoms with Crippen molar-refractivity contribution in [1.82, 2.24) is 4.98 Å². The van der Waals surface area contributed by atoms with E-state index in [-0.39, 0.29) is 5.78 Å². The Balaban J connectivity index is 2.14. The average molecular weight is 242 g/mol. The third-order valence-electron chi connectivity index (χ3n) is 3.03. The molecule has 2 rings (SSSR count). The Bertz CT molecular complexity index is 551. The van der Waals surface area contributed by atoms with Crippen LogP contribution in [0.5, 0.6) is 0 Å². The third kappa shape index (κ3) is 2.93. The number of Topliss-reactive ketones (excluding diaryl/α,β-unsaturated/α-hetero) is 1. The van der Waals surface area contributed by atoms with Crippen LogP contribution in [0, 0.1) is 0 Å². The summed E-state index contributed by atoms with van der Waals surface area (Å²) in [5.74, 6) is 0.118. The Morgan fingerprint density at radius 2 is 2.06 bits per heavy atom. The first-order valence-corrected chi connectivity index (χ1v) is 6.32. The summed E-state index contributed by atoms with van der Waals surface area (Å²) in [4.78, 5) is 16.0. The molecule has 94 valence electrons. The molecule has 0 saturated heterocycles. The van der Waals surface area contributed by atoms with Gasteiger partial charge in [0, 0.05) is 30.1 Å². The molecule has 0 amide bonds. The number of carbonyl (C=O) groups excluding carboxylic acids is 1. The normalized spacial score (nSPS) is 12.6. The number of benzene rings is 1. The number of hydrogen-bond donors (Lipinski definition) is 1. The highest BCUT2D eigenvalue weighted by atomic mass is 16.1. The SMILES string of the molecule is CCCC(=O)[C@@H](N)Cc1cc2ccccc2cn1. The average Bonchev–Trinajstić information content (AvgIpc) is 2.39. The molecule has 0 bridgehead atoms. The van der Waals surface area contributed by atoms with Crippen LogP contribution < -0.4 is 5.73 Å². The fraction of sp³-hybridized carbons (Fsp3) is 0.333. The van der Waals surface area contributed by atoms with E-state index in [2.05, 4.69) is 4.98 Å². The summed E-state index contributed by atoms with van der Waals surface area (Å²) in [6.45, 7) is 1.99. The van der Waals surface area contributed by atoms with Crippen LogP contribution >= 0.6 is 0 Å². The van der Waals surface area contributed by atoms with Crippen molar-refractivity contribution < 1.29 is 4.79 Å². The van der Waals surface area contributed by atoms with Crippen molar-refractivity contribution in [3.05, 3.63) is 42.2 Å². The molecule has 0 spiro atoms. The number of fused-ring (bicyclic) bond motifs is 1. The van der Waals surface area contributed by atoms with Crippen LogP contribution in [0.3, 0.4) is 0 Å². The van der Waals surface area contributed by atoms with Gasteiger partial charge in [-0.15, -0.1) is 0 Å². The van der Waals surface area contributed by atoms with Crippen molar-refractivity contribution in [2.24, 2.45) is 5.73 Å². The van der Waals surface area contributed by atoms with Crippen LogP contribution in [0.2, 0.25) is 0 Å². The lowest BCUT2D eigenvalue weighted by molar-refractivity contribution is -0.120. The zero-order chi connectivity index (χ0) is 13.0. The Kier molecular flexibility index (Phi) is 4.05. The summed E-state index contributed by atoms with van der Waals surface area (Å²) in [6, 6.07) is 9.62. The van der Waals surface area contributed by atoms with Gasteiger partial charge in [-0.05, 0) is 17.9 Å². The maximum absolute atomic E-state index is 11.7. The molecule has 1 atom stereocenters. The van der Waals surface area contributed by atoms with Crippen LogP contribution in [-0.2, 0) is 11.2 Å². The molecule has 3 nitrogen and oxygen atoms in total. The zero-order valence-corrected chi connectivity index (χ0v) is 10.6. The van der Waals surface area contributed by atoms with Gasteiger partial charge in [-0.1, -0.05) is 31.2 Å². The number of hydrogen-bond acceptors (Lipinski definition) is 3. The molecule has 0 aliphatic rings. The summed E-state index contributed by atoms with van der Waals surface area (Å²) in [7, 11) is 0. The monoisotopic (exact) mass is 242 g/mol. The Labute approximate surface area is 107 Å². The summed E-state index contributed by atoms with van der Waals surface area (Å²) >= 11 is 0. The molecular weight excluding hydrogens is 224 g/mol. The number of carbonyl (C=O) groups is 1. The lowest BCUT2D eigenvalue weighted by atomic mass is 10.0.